The summed E-state index contributed by atoms with van der Waals surface area (Å²) in [6, 6.07) is 7.72. The van der Waals surface area contributed by atoms with Gasteiger partial charge in [0.15, 0.2) is 11.5 Å². The molecule has 18 heavy (non-hydrogen) atoms. The number of fused-ring (bicyclic) bond motifs is 1. The Bertz CT molecular complexity index is 734. The summed E-state index contributed by atoms with van der Waals surface area (Å²) < 4.78 is 2.95. The van der Waals surface area contributed by atoms with E-state index in [1.165, 1.54) is 0 Å². The number of anilines is 1. The third kappa shape index (κ3) is 1.82. The summed E-state index contributed by atoms with van der Waals surface area (Å²) in [4.78, 5) is 4.26. The predicted octanol–water partition coefficient (Wildman–Crippen LogP) is 2.29. The Morgan fingerprint density at radius 1 is 1.22 bits per heavy atom. The van der Waals surface area contributed by atoms with E-state index in [9.17, 15) is 0 Å². The smallest absolute Gasteiger partial charge is 0.171 e. The summed E-state index contributed by atoms with van der Waals surface area (Å²) in [5.41, 5.74) is 9.25. The molecule has 3 rings (SSSR count). The van der Waals surface area contributed by atoms with Crippen LogP contribution in [0.5, 0.6) is 0 Å². The van der Waals surface area contributed by atoms with Crippen LogP contribution in [0.1, 0.15) is 5.69 Å². The van der Waals surface area contributed by atoms with E-state index in [1.54, 1.807) is 6.33 Å². The molecular weight excluding hydrogens is 341 g/mol. The molecule has 0 bridgehead atoms. The van der Waals surface area contributed by atoms with Crippen molar-refractivity contribution in [1.29, 1.82) is 0 Å². The van der Waals surface area contributed by atoms with Crippen LogP contribution in [0.25, 0.3) is 17.0 Å². The standard InChI is InChI=1S/C12H10IN5/c1-7-4-11-16-17-12(18(11)6-15-7)9-5-8(13)2-3-10(9)14/h2-6H,14H2,1H3. The number of nitrogen functional groups attached to an aromatic ring is 1. The third-order valence-electron chi connectivity index (χ3n) is 2.69. The number of nitrogens with zero attached hydrogens (tertiary/aromatic N) is 4. The van der Waals surface area contributed by atoms with E-state index in [0.29, 0.717) is 11.5 Å². The lowest BCUT2D eigenvalue weighted by atomic mass is 10.2. The average molecular weight is 351 g/mol. The number of aromatic nitrogens is 4. The van der Waals surface area contributed by atoms with Gasteiger partial charge in [0, 0.05) is 26.6 Å². The van der Waals surface area contributed by atoms with Gasteiger partial charge in [0.05, 0.1) is 0 Å². The molecular formula is C12H10IN5. The lowest BCUT2D eigenvalue weighted by Gasteiger charge is -2.04. The molecule has 1 aromatic carbocycles. The van der Waals surface area contributed by atoms with Crippen LogP contribution in [-0.4, -0.2) is 19.6 Å². The summed E-state index contributed by atoms with van der Waals surface area (Å²) in [7, 11) is 0. The van der Waals surface area contributed by atoms with Gasteiger partial charge in [0.1, 0.15) is 6.33 Å². The number of nitrogens with two attached hydrogens (primary N) is 1. The SMILES string of the molecule is Cc1cc2nnc(-c3cc(I)ccc3N)n2cn1. The maximum atomic E-state index is 6.00. The molecule has 0 aliphatic heterocycles. The number of halogens is 1. The maximum absolute atomic E-state index is 6.00. The predicted molar refractivity (Wildman–Crippen MR) is 78.1 cm³/mol. The summed E-state index contributed by atoms with van der Waals surface area (Å²) >= 11 is 2.25. The minimum absolute atomic E-state index is 0.685. The molecule has 0 fully saturated rings. The van der Waals surface area contributed by atoms with Crippen LogP contribution in [0.4, 0.5) is 5.69 Å². The summed E-state index contributed by atoms with van der Waals surface area (Å²) in [5, 5.41) is 8.34. The van der Waals surface area contributed by atoms with E-state index in [4.69, 9.17) is 5.73 Å². The quantitative estimate of drug-likeness (QED) is 0.540. The fourth-order valence-corrected chi connectivity index (χ4v) is 2.29. The van der Waals surface area contributed by atoms with Crippen LogP contribution in [0.2, 0.25) is 0 Å². The number of hydrogen-bond donors (Lipinski definition) is 1. The zero-order valence-corrected chi connectivity index (χ0v) is 11.8. The first-order chi connectivity index (χ1) is 8.65. The van der Waals surface area contributed by atoms with Gasteiger partial charge >= 0.3 is 0 Å². The zero-order valence-electron chi connectivity index (χ0n) is 9.63. The van der Waals surface area contributed by atoms with Gasteiger partial charge < -0.3 is 5.73 Å². The van der Waals surface area contributed by atoms with Gasteiger partial charge in [-0.1, -0.05) is 0 Å². The van der Waals surface area contributed by atoms with Crippen molar-refractivity contribution in [3.8, 4) is 11.4 Å². The van der Waals surface area contributed by atoms with Crippen molar-refractivity contribution in [3.05, 3.63) is 39.9 Å². The molecule has 0 aliphatic carbocycles. The Morgan fingerprint density at radius 3 is 2.89 bits per heavy atom. The second kappa shape index (κ2) is 4.20. The Hall–Kier alpha value is -1.70. The van der Waals surface area contributed by atoms with Crippen LogP contribution in [0.3, 0.4) is 0 Å². The second-order valence-corrected chi connectivity index (χ2v) is 5.26. The van der Waals surface area contributed by atoms with E-state index < -0.39 is 0 Å². The van der Waals surface area contributed by atoms with Crippen molar-refractivity contribution >= 4 is 33.9 Å². The lowest BCUT2D eigenvalue weighted by molar-refractivity contribution is 1.05. The summed E-state index contributed by atoms with van der Waals surface area (Å²) in [6.07, 6.45) is 1.72. The van der Waals surface area contributed by atoms with E-state index in [-0.39, 0.29) is 0 Å². The van der Waals surface area contributed by atoms with Gasteiger partial charge in [-0.15, -0.1) is 10.2 Å². The Morgan fingerprint density at radius 2 is 2.06 bits per heavy atom. The van der Waals surface area contributed by atoms with Crippen molar-refractivity contribution in [2.24, 2.45) is 0 Å². The average Bonchev–Trinajstić information content (AvgIpc) is 2.75. The van der Waals surface area contributed by atoms with Crippen LogP contribution in [0.15, 0.2) is 30.6 Å². The first-order valence-corrected chi connectivity index (χ1v) is 6.46. The van der Waals surface area contributed by atoms with Crippen LogP contribution in [-0.2, 0) is 0 Å². The lowest BCUT2D eigenvalue weighted by Crippen LogP contribution is -1.96. The Kier molecular flexibility index (Phi) is 2.66. The van der Waals surface area contributed by atoms with E-state index in [2.05, 4.69) is 37.8 Å². The molecule has 0 amide bonds. The molecule has 0 atom stereocenters. The molecule has 2 heterocycles. The number of aryl methyl sites for hydroxylation is 1. The first-order valence-electron chi connectivity index (χ1n) is 5.38. The highest BCUT2D eigenvalue weighted by Crippen LogP contribution is 2.26. The normalized spacial score (nSPS) is 11.0. The largest absolute Gasteiger partial charge is 0.398 e. The molecule has 2 aromatic heterocycles. The monoisotopic (exact) mass is 351 g/mol. The Balaban J connectivity index is 2.28. The van der Waals surface area contributed by atoms with Gasteiger partial charge in [-0.2, -0.15) is 0 Å². The van der Waals surface area contributed by atoms with Gasteiger partial charge in [0.25, 0.3) is 0 Å². The molecule has 0 saturated carbocycles. The number of rotatable bonds is 1. The highest BCUT2D eigenvalue weighted by Gasteiger charge is 2.11. The molecule has 2 N–H and O–H groups in total. The first kappa shape index (κ1) is 11.4. The van der Waals surface area contributed by atoms with E-state index in [0.717, 1.165) is 20.5 Å². The second-order valence-electron chi connectivity index (χ2n) is 4.01. The maximum Gasteiger partial charge on any atom is 0.171 e. The van der Waals surface area contributed by atoms with Crippen LogP contribution >= 0.6 is 22.6 Å². The van der Waals surface area contributed by atoms with E-state index in [1.807, 2.05) is 35.6 Å². The molecule has 0 unspecified atom stereocenters. The number of benzene rings is 1. The summed E-state index contributed by atoms with van der Waals surface area (Å²) in [6.45, 7) is 1.92. The molecule has 90 valence electrons. The third-order valence-corrected chi connectivity index (χ3v) is 3.36. The molecule has 5 nitrogen and oxygen atoms in total. The molecule has 3 aromatic rings. The minimum atomic E-state index is 0.685. The molecule has 6 heteroatoms. The zero-order chi connectivity index (χ0) is 12.7. The highest BCUT2D eigenvalue weighted by molar-refractivity contribution is 14.1. The summed E-state index contributed by atoms with van der Waals surface area (Å²) in [5.74, 6) is 0.716. The number of hydrogen-bond acceptors (Lipinski definition) is 4. The van der Waals surface area contributed by atoms with Crippen LogP contribution < -0.4 is 5.73 Å². The fraction of sp³-hybridized carbons (Fsp3) is 0.0833. The van der Waals surface area contributed by atoms with Crippen molar-refractivity contribution in [2.75, 3.05) is 5.73 Å². The molecule has 0 aliphatic rings. The van der Waals surface area contributed by atoms with Crippen molar-refractivity contribution in [2.45, 2.75) is 6.92 Å². The van der Waals surface area contributed by atoms with Gasteiger partial charge in [0.2, 0.25) is 0 Å². The van der Waals surface area contributed by atoms with Crippen molar-refractivity contribution in [3.63, 3.8) is 0 Å². The molecule has 0 radical (unpaired) electrons. The van der Waals surface area contributed by atoms with Gasteiger partial charge in [-0.25, -0.2) is 4.98 Å². The van der Waals surface area contributed by atoms with Crippen molar-refractivity contribution in [1.82, 2.24) is 19.6 Å². The molecule has 0 spiro atoms. The van der Waals surface area contributed by atoms with Gasteiger partial charge in [-0.05, 0) is 47.7 Å². The van der Waals surface area contributed by atoms with Gasteiger partial charge in [-0.3, -0.25) is 4.40 Å². The van der Waals surface area contributed by atoms with E-state index >= 15 is 0 Å². The molecule has 0 saturated heterocycles. The fourth-order valence-electron chi connectivity index (χ4n) is 1.79. The minimum Gasteiger partial charge on any atom is -0.398 e. The topological polar surface area (TPSA) is 69.1 Å². The highest BCUT2D eigenvalue weighted by atomic mass is 127. The van der Waals surface area contributed by atoms with Crippen molar-refractivity contribution < 1.29 is 0 Å². The van der Waals surface area contributed by atoms with Crippen LogP contribution in [0, 0.1) is 10.5 Å². The Labute approximate surface area is 117 Å².